The summed E-state index contributed by atoms with van der Waals surface area (Å²) in [5.74, 6) is 1.53. The molecule has 0 amide bonds. The molecule has 0 spiro atoms. The first-order chi connectivity index (χ1) is 6.22. The minimum atomic E-state index is 0.431. The van der Waals surface area contributed by atoms with E-state index in [2.05, 4.69) is 0 Å². The Labute approximate surface area is 78.4 Å². The van der Waals surface area contributed by atoms with Crippen LogP contribution in [0.5, 0.6) is 5.75 Å². The van der Waals surface area contributed by atoms with Crippen LogP contribution in [0.3, 0.4) is 0 Å². The van der Waals surface area contributed by atoms with Crippen LogP contribution in [0.1, 0.15) is 23.5 Å². The molecule has 13 heavy (non-hydrogen) atoms. The maximum absolute atomic E-state index is 9.67. The fourth-order valence-electron chi connectivity index (χ4n) is 1.86. The fraction of sp³-hybridized carbons (Fsp3) is 0.455. The van der Waals surface area contributed by atoms with E-state index in [1.54, 1.807) is 0 Å². The van der Waals surface area contributed by atoms with Crippen molar-refractivity contribution in [1.82, 2.24) is 0 Å². The summed E-state index contributed by atoms with van der Waals surface area (Å²) in [5.41, 5.74) is 7.73. The maximum atomic E-state index is 9.67. The van der Waals surface area contributed by atoms with Crippen molar-refractivity contribution in [2.45, 2.75) is 19.3 Å². The van der Waals surface area contributed by atoms with Gasteiger partial charge in [-0.05, 0) is 48.9 Å². The zero-order chi connectivity index (χ0) is 9.42. The van der Waals surface area contributed by atoms with E-state index in [1.165, 1.54) is 0 Å². The van der Waals surface area contributed by atoms with Gasteiger partial charge in [0.15, 0.2) is 0 Å². The molecule has 0 aromatic heterocycles. The van der Waals surface area contributed by atoms with Gasteiger partial charge in [-0.2, -0.15) is 0 Å². The topological polar surface area (TPSA) is 46.2 Å². The van der Waals surface area contributed by atoms with Crippen LogP contribution in [0.15, 0.2) is 18.2 Å². The number of aromatic hydroxyl groups is 1. The summed E-state index contributed by atoms with van der Waals surface area (Å²) in [6.45, 7) is 2.72. The quantitative estimate of drug-likeness (QED) is 0.723. The summed E-state index contributed by atoms with van der Waals surface area (Å²) < 4.78 is 0. The summed E-state index contributed by atoms with van der Waals surface area (Å²) in [6.07, 6.45) is 1.13. The van der Waals surface area contributed by atoms with E-state index < -0.39 is 0 Å². The lowest BCUT2D eigenvalue weighted by Crippen LogP contribution is -2.02. The zero-order valence-electron chi connectivity index (χ0n) is 7.83. The molecular weight excluding hydrogens is 162 g/mol. The monoisotopic (exact) mass is 177 g/mol. The molecule has 0 radical (unpaired) electrons. The Morgan fingerprint density at radius 3 is 2.85 bits per heavy atom. The number of hydrogen-bond donors (Lipinski definition) is 2. The van der Waals surface area contributed by atoms with Gasteiger partial charge in [0.2, 0.25) is 0 Å². The predicted molar refractivity (Wildman–Crippen MR) is 52.7 cm³/mol. The Kier molecular flexibility index (Phi) is 2.00. The van der Waals surface area contributed by atoms with Crippen LogP contribution in [0.2, 0.25) is 0 Å². The van der Waals surface area contributed by atoms with E-state index in [4.69, 9.17) is 5.73 Å². The van der Waals surface area contributed by atoms with Gasteiger partial charge in [-0.3, -0.25) is 0 Å². The van der Waals surface area contributed by atoms with E-state index >= 15 is 0 Å². The Morgan fingerprint density at radius 1 is 1.54 bits per heavy atom. The predicted octanol–water partition coefficient (Wildman–Crippen LogP) is 1.76. The molecule has 3 N–H and O–H groups in total. The average Bonchev–Trinajstić information content (AvgIpc) is 2.83. The lowest BCUT2D eigenvalue weighted by atomic mass is 10.1. The van der Waals surface area contributed by atoms with E-state index in [1.807, 2.05) is 25.1 Å². The number of phenols is 1. The lowest BCUT2D eigenvalue weighted by molar-refractivity contribution is 0.467. The second-order valence-electron chi connectivity index (χ2n) is 3.90. The highest BCUT2D eigenvalue weighted by Gasteiger charge is 2.38. The van der Waals surface area contributed by atoms with Gasteiger partial charge in [0, 0.05) is 0 Å². The molecular formula is C11H15NO. The molecule has 0 saturated heterocycles. The molecule has 0 bridgehead atoms. The molecule has 0 heterocycles. The largest absolute Gasteiger partial charge is 0.508 e. The maximum Gasteiger partial charge on any atom is 0.119 e. The molecule has 2 heteroatoms. The van der Waals surface area contributed by atoms with Crippen molar-refractivity contribution in [3.05, 3.63) is 29.3 Å². The van der Waals surface area contributed by atoms with Crippen molar-refractivity contribution in [2.24, 2.45) is 11.7 Å². The summed E-state index contributed by atoms with van der Waals surface area (Å²) in [4.78, 5) is 0. The van der Waals surface area contributed by atoms with Crippen molar-refractivity contribution in [2.75, 3.05) is 6.54 Å². The van der Waals surface area contributed by atoms with Gasteiger partial charge in [0.05, 0.1) is 0 Å². The number of aryl methyl sites for hydroxylation is 1. The smallest absolute Gasteiger partial charge is 0.119 e. The number of hydrogen-bond acceptors (Lipinski definition) is 2. The normalized spacial score (nSPS) is 26.0. The molecule has 1 aliphatic rings. The van der Waals surface area contributed by atoms with Crippen LogP contribution in [0.4, 0.5) is 0 Å². The molecule has 2 rings (SSSR count). The molecule has 70 valence electrons. The van der Waals surface area contributed by atoms with Crippen molar-refractivity contribution in [1.29, 1.82) is 0 Å². The third kappa shape index (κ3) is 1.54. The third-order valence-electron chi connectivity index (χ3n) is 2.81. The second kappa shape index (κ2) is 3.04. The summed E-state index contributed by atoms with van der Waals surface area (Å²) in [6, 6.07) is 5.88. The Morgan fingerprint density at radius 2 is 2.31 bits per heavy atom. The van der Waals surface area contributed by atoms with Crippen molar-refractivity contribution >= 4 is 0 Å². The van der Waals surface area contributed by atoms with Gasteiger partial charge in [-0.25, -0.2) is 0 Å². The van der Waals surface area contributed by atoms with E-state index in [0.717, 1.165) is 24.1 Å². The third-order valence-corrected chi connectivity index (χ3v) is 2.81. The Bertz CT molecular complexity index is 322. The van der Waals surface area contributed by atoms with Crippen LogP contribution in [-0.2, 0) is 0 Å². The number of benzene rings is 1. The van der Waals surface area contributed by atoms with E-state index in [-0.39, 0.29) is 0 Å². The molecule has 2 unspecified atom stereocenters. The number of nitrogens with two attached hydrogens (primary N) is 1. The highest BCUT2D eigenvalue weighted by molar-refractivity contribution is 5.41. The SMILES string of the molecule is Cc1ccc(C2CC2CN)c(O)c1. The lowest BCUT2D eigenvalue weighted by Gasteiger charge is -2.03. The first-order valence-electron chi connectivity index (χ1n) is 4.72. The van der Waals surface area contributed by atoms with Crippen LogP contribution in [0, 0.1) is 12.8 Å². The molecule has 1 saturated carbocycles. The van der Waals surface area contributed by atoms with Crippen LogP contribution in [-0.4, -0.2) is 11.7 Å². The molecule has 0 aliphatic heterocycles. The van der Waals surface area contributed by atoms with Crippen LogP contribution >= 0.6 is 0 Å². The van der Waals surface area contributed by atoms with E-state index in [0.29, 0.717) is 17.6 Å². The highest BCUT2D eigenvalue weighted by Crippen LogP contribution is 2.49. The number of phenolic OH excluding ortho intramolecular Hbond substituents is 1. The first kappa shape index (κ1) is 8.57. The summed E-state index contributed by atoms with van der Waals surface area (Å²) >= 11 is 0. The molecule has 1 aromatic rings. The van der Waals surface area contributed by atoms with Gasteiger partial charge < -0.3 is 10.8 Å². The molecule has 1 aliphatic carbocycles. The summed E-state index contributed by atoms with van der Waals surface area (Å²) in [5, 5.41) is 9.67. The second-order valence-corrected chi connectivity index (χ2v) is 3.90. The molecule has 2 atom stereocenters. The van der Waals surface area contributed by atoms with Crippen LogP contribution < -0.4 is 5.73 Å². The van der Waals surface area contributed by atoms with Gasteiger partial charge in [-0.15, -0.1) is 0 Å². The number of rotatable bonds is 2. The first-order valence-corrected chi connectivity index (χ1v) is 4.72. The van der Waals surface area contributed by atoms with Gasteiger partial charge in [0.25, 0.3) is 0 Å². The van der Waals surface area contributed by atoms with E-state index in [9.17, 15) is 5.11 Å². The molecule has 1 aromatic carbocycles. The van der Waals surface area contributed by atoms with Gasteiger partial charge >= 0.3 is 0 Å². The van der Waals surface area contributed by atoms with Gasteiger partial charge in [-0.1, -0.05) is 12.1 Å². The highest BCUT2D eigenvalue weighted by atomic mass is 16.3. The van der Waals surface area contributed by atoms with Crippen molar-refractivity contribution in [3.8, 4) is 5.75 Å². The Hall–Kier alpha value is -1.02. The van der Waals surface area contributed by atoms with Crippen molar-refractivity contribution < 1.29 is 5.11 Å². The average molecular weight is 177 g/mol. The standard InChI is InChI=1S/C11H15NO/c1-7-2-3-9(11(13)4-7)10-5-8(10)6-12/h2-4,8,10,13H,5-6,12H2,1H3. The van der Waals surface area contributed by atoms with Crippen molar-refractivity contribution in [3.63, 3.8) is 0 Å². The minimum absolute atomic E-state index is 0.431. The minimum Gasteiger partial charge on any atom is -0.508 e. The summed E-state index contributed by atoms with van der Waals surface area (Å²) in [7, 11) is 0. The van der Waals surface area contributed by atoms with Crippen LogP contribution in [0.25, 0.3) is 0 Å². The zero-order valence-corrected chi connectivity index (χ0v) is 7.83. The fourth-order valence-corrected chi connectivity index (χ4v) is 1.86. The molecule has 1 fully saturated rings. The Balaban J connectivity index is 2.22. The van der Waals surface area contributed by atoms with Gasteiger partial charge in [0.1, 0.15) is 5.75 Å². The molecule has 2 nitrogen and oxygen atoms in total.